The summed E-state index contributed by atoms with van der Waals surface area (Å²) in [6.45, 7) is 6.83. The van der Waals surface area contributed by atoms with Gasteiger partial charge in [-0.2, -0.15) is 11.8 Å². The summed E-state index contributed by atoms with van der Waals surface area (Å²) in [7, 11) is 1.92. The number of hydrogen-bond donors (Lipinski definition) is 0. The number of piperidine rings is 1. The highest BCUT2D eigenvalue weighted by molar-refractivity contribution is 7.99. The van der Waals surface area contributed by atoms with Crippen LogP contribution in [0.4, 0.5) is 11.6 Å². The Morgan fingerprint density at radius 2 is 1.80 bits per heavy atom. The van der Waals surface area contributed by atoms with E-state index in [1.54, 1.807) is 0 Å². The number of rotatable bonds is 5. The zero-order valence-corrected chi connectivity index (χ0v) is 16.2. The van der Waals surface area contributed by atoms with Gasteiger partial charge in [0.2, 0.25) is 11.9 Å². The maximum absolute atomic E-state index is 12.4. The van der Waals surface area contributed by atoms with Crippen LogP contribution in [0.1, 0.15) is 26.2 Å². The van der Waals surface area contributed by atoms with E-state index >= 15 is 0 Å². The van der Waals surface area contributed by atoms with E-state index in [0.717, 1.165) is 75.1 Å². The summed E-state index contributed by atoms with van der Waals surface area (Å²) in [5.74, 6) is 3.61. The molecule has 0 spiro atoms. The Hall–Kier alpha value is -1.50. The number of amides is 1. The first-order chi connectivity index (χ1) is 12.2. The number of thioether (sulfide) groups is 1. The Kier molecular flexibility index (Phi) is 6.39. The second-order valence-electron chi connectivity index (χ2n) is 6.86. The smallest absolute Gasteiger partial charge is 0.225 e. The molecular weight excluding hydrogens is 334 g/mol. The fraction of sp³-hybridized carbons (Fsp3) is 0.722. The van der Waals surface area contributed by atoms with Gasteiger partial charge in [-0.25, -0.2) is 9.97 Å². The van der Waals surface area contributed by atoms with E-state index < -0.39 is 0 Å². The van der Waals surface area contributed by atoms with Crippen LogP contribution in [-0.2, 0) is 4.79 Å². The van der Waals surface area contributed by atoms with Gasteiger partial charge in [0.25, 0.3) is 0 Å². The Labute approximate surface area is 155 Å². The van der Waals surface area contributed by atoms with E-state index in [4.69, 9.17) is 0 Å². The van der Waals surface area contributed by atoms with E-state index in [2.05, 4.69) is 26.7 Å². The van der Waals surface area contributed by atoms with Crippen molar-refractivity contribution in [3.05, 3.63) is 12.4 Å². The molecule has 0 N–H and O–H groups in total. The van der Waals surface area contributed by atoms with Crippen LogP contribution in [0.3, 0.4) is 0 Å². The molecule has 0 atom stereocenters. The second kappa shape index (κ2) is 8.74. The first-order valence-electron chi connectivity index (χ1n) is 9.33. The third-order valence-corrected chi connectivity index (χ3v) is 6.01. The minimum absolute atomic E-state index is 0.166. The molecule has 6 nitrogen and oxygen atoms in total. The molecule has 3 heterocycles. The molecule has 2 fully saturated rings. The Bertz CT molecular complexity index is 553. The largest absolute Gasteiger partial charge is 0.369 e. The molecule has 0 radical (unpaired) electrons. The number of hydrogen-bond acceptors (Lipinski definition) is 6. The molecule has 2 saturated heterocycles. The Balaban J connectivity index is 1.53. The van der Waals surface area contributed by atoms with Crippen molar-refractivity contribution < 1.29 is 4.79 Å². The maximum Gasteiger partial charge on any atom is 0.225 e. The van der Waals surface area contributed by atoms with Crippen molar-refractivity contribution in [1.82, 2.24) is 14.9 Å². The molecule has 0 aromatic carbocycles. The summed E-state index contributed by atoms with van der Waals surface area (Å²) >= 11 is 1.99. The average molecular weight is 364 g/mol. The summed E-state index contributed by atoms with van der Waals surface area (Å²) < 4.78 is 0. The molecule has 1 aromatic rings. The summed E-state index contributed by atoms with van der Waals surface area (Å²) in [4.78, 5) is 28.0. The second-order valence-corrected chi connectivity index (χ2v) is 8.09. The number of carbonyl (C=O) groups excluding carboxylic acids is 1. The molecular formula is C18H29N5OS. The fourth-order valence-electron chi connectivity index (χ4n) is 3.55. The van der Waals surface area contributed by atoms with Gasteiger partial charge >= 0.3 is 0 Å². The van der Waals surface area contributed by atoms with E-state index in [9.17, 15) is 4.79 Å². The van der Waals surface area contributed by atoms with Crippen LogP contribution in [0.25, 0.3) is 0 Å². The van der Waals surface area contributed by atoms with Crippen LogP contribution in [0.5, 0.6) is 0 Å². The van der Waals surface area contributed by atoms with Crippen LogP contribution in [0.2, 0.25) is 0 Å². The van der Waals surface area contributed by atoms with E-state index in [-0.39, 0.29) is 5.92 Å². The quantitative estimate of drug-likeness (QED) is 0.799. The zero-order chi connectivity index (χ0) is 17.6. The van der Waals surface area contributed by atoms with Gasteiger partial charge in [-0.05, 0) is 19.3 Å². The molecule has 0 aliphatic carbocycles. The normalized spacial score (nSPS) is 19.1. The zero-order valence-electron chi connectivity index (χ0n) is 15.4. The number of anilines is 2. The topological polar surface area (TPSA) is 52.6 Å². The van der Waals surface area contributed by atoms with Crippen molar-refractivity contribution in [2.24, 2.45) is 5.92 Å². The average Bonchev–Trinajstić information content (AvgIpc) is 2.68. The highest BCUT2D eigenvalue weighted by Gasteiger charge is 2.27. The summed E-state index contributed by atoms with van der Waals surface area (Å²) in [6, 6.07) is 0. The van der Waals surface area contributed by atoms with Gasteiger partial charge < -0.3 is 14.7 Å². The lowest BCUT2D eigenvalue weighted by Crippen LogP contribution is -2.41. The number of nitrogens with zero attached hydrogens (tertiary/aromatic N) is 5. The van der Waals surface area contributed by atoms with Crippen LogP contribution in [0.15, 0.2) is 12.4 Å². The van der Waals surface area contributed by atoms with Gasteiger partial charge in [0.15, 0.2) is 0 Å². The molecule has 25 heavy (non-hydrogen) atoms. The molecule has 2 aliphatic heterocycles. The first kappa shape index (κ1) is 18.3. The lowest BCUT2D eigenvalue weighted by atomic mass is 9.95. The van der Waals surface area contributed by atoms with Crippen LogP contribution < -0.4 is 9.80 Å². The van der Waals surface area contributed by atoms with Crippen molar-refractivity contribution >= 4 is 29.3 Å². The van der Waals surface area contributed by atoms with Crippen molar-refractivity contribution in [2.75, 3.05) is 61.1 Å². The highest BCUT2D eigenvalue weighted by Crippen LogP contribution is 2.24. The molecule has 0 bridgehead atoms. The standard InChI is InChI=1S/C18H29N5OS/c1-3-6-21(2)17(24)15-4-7-22(8-5-15)16-13-19-18(20-14-16)23-9-11-25-12-10-23/h13-15H,3-12H2,1-2H3. The SMILES string of the molecule is CCCN(C)C(=O)C1CCN(c2cnc(N3CCSCC3)nc2)CC1. The minimum Gasteiger partial charge on any atom is -0.369 e. The van der Waals surface area contributed by atoms with Crippen molar-refractivity contribution in [3.8, 4) is 0 Å². The minimum atomic E-state index is 0.166. The van der Waals surface area contributed by atoms with Gasteiger partial charge in [-0.15, -0.1) is 0 Å². The van der Waals surface area contributed by atoms with Gasteiger partial charge in [-0.3, -0.25) is 4.79 Å². The fourth-order valence-corrected chi connectivity index (χ4v) is 4.45. The maximum atomic E-state index is 12.4. The number of carbonyl (C=O) groups is 1. The predicted octanol–water partition coefficient (Wildman–Crippen LogP) is 2.11. The molecule has 1 amide bonds. The van der Waals surface area contributed by atoms with E-state index in [1.807, 2.05) is 36.1 Å². The predicted molar refractivity (Wildman–Crippen MR) is 104 cm³/mol. The van der Waals surface area contributed by atoms with Crippen LogP contribution in [-0.4, -0.2) is 72.1 Å². The van der Waals surface area contributed by atoms with Crippen LogP contribution >= 0.6 is 11.8 Å². The summed E-state index contributed by atoms with van der Waals surface area (Å²) in [6.07, 6.45) is 6.72. The monoisotopic (exact) mass is 363 g/mol. The van der Waals surface area contributed by atoms with Crippen molar-refractivity contribution in [3.63, 3.8) is 0 Å². The third-order valence-electron chi connectivity index (χ3n) is 5.06. The lowest BCUT2D eigenvalue weighted by molar-refractivity contribution is -0.134. The Morgan fingerprint density at radius 1 is 1.16 bits per heavy atom. The van der Waals surface area contributed by atoms with E-state index in [1.165, 1.54) is 0 Å². The summed E-state index contributed by atoms with van der Waals surface area (Å²) in [5.41, 5.74) is 1.07. The lowest BCUT2D eigenvalue weighted by Gasteiger charge is -2.34. The van der Waals surface area contributed by atoms with Gasteiger partial charge in [-0.1, -0.05) is 6.92 Å². The molecule has 3 rings (SSSR count). The molecule has 2 aliphatic rings. The van der Waals surface area contributed by atoms with E-state index in [0.29, 0.717) is 5.91 Å². The molecule has 7 heteroatoms. The highest BCUT2D eigenvalue weighted by atomic mass is 32.2. The molecule has 138 valence electrons. The van der Waals surface area contributed by atoms with Gasteiger partial charge in [0.1, 0.15) is 0 Å². The van der Waals surface area contributed by atoms with Crippen molar-refractivity contribution in [2.45, 2.75) is 26.2 Å². The van der Waals surface area contributed by atoms with Crippen molar-refractivity contribution in [1.29, 1.82) is 0 Å². The first-order valence-corrected chi connectivity index (χ1v) is 10.5. The van der Waals surface area contributed by atoms with Crippen LogP contribution in [0, 0.1) is 5.92 Å². The third kappa shape index (κ3) is 4.57. The summed E-state index contributed by atoms with van der Waals surface area (Å²) in [5, 5.41) is 0. The molecule has 0 saturated carbocycles. The number of aromatic nitrogens is 2. The van der Waals surface area contributed by atoms with Gasteiger partial charge in [0.05, 0.1) is 18.1 Å². The Morgan fingerprint density at radius 3 is 2.40 bits per heavy atom. The molecule has 1 aromatic heterocycles. The van der Waals surface area contributed by atoms with Gasteiger partial charge in [0, 0.05) is 57.2 Å². The molecule has 0 unspecified atom stereocenters.